The summed E-state index contributed by atoms with van der Waals surface area (Å²) in [5.41, 5.74) is 2.24. The Kier molecular flexibility index (Phi) is 6.35. The summed E-state index contributed by atoms with van der Waals surface area (Å²) >= 11 is 3.18. The highest BCUT2D eigenvalue weighted by Crippen LogP contribution is 2.37. The van der Waals surface area contributed by atoms with Crippen LogP contribution in [-0.2, 0) is 19.1 Å². The number of hydrazine groups is 1. The molecular formula is C20H16BrN3O7. The first-order valence-electron chi connectivity index (χ1n) is 8.87. The summed E-state index contributed by atoms with van der Waals surface area (Å²) in [6.07, 6.45) is 0.00786. The average Bonchev–Trinajstić information content (AvgIpc) is 3.03. The monoisotopic (exact) mass is 489 g/mol. The number of nitro groups is 1. The van der Waals surface area contributed by atoms with Crippen LogP contribution in [-0.4, -0.2) is 35.9 Å². The number of halogens is 1. The maximum Gasteiger partial charge on any atom is 0.346 e. The van der Waals surface area contributed by atoms with Crippen molar-refractivity contribution >= 4 is 51.2 Å². The number of esters is 1. The molecule has 1 unspecified atom stereocenters. The number of anilines is 1. The number of hydrogen-bond donors (Lipinski definition) is 1. The smallest absolute Gasteiger partial charge is 0.346 e. The Labute approximate surface area is 184 Å². The molecule has 160 valence electrons. The van der Waals surface area contributed by atoms with Crippen LogP contribution >= 0.6 is 15.9 Å². The third-order valence-corrected chi connectivity index (χ3v) is 4.75. The summed E-state index contributed by atoms with van der Waals surface area (Å²) < 4.78 is 10.4. The molecule has 0 spiro atoms. The molecule has 10 nitrogen and oxygen atoms in total. The van der Waals surface area contributed by atoms with E-state index in [0.717, 1.165) is 12.1 Å². The summed E-state index contributed by atoms with van der Waals surface area (Å²) in [7, 11) is 1.15. The molecule has 1 saturated heterocycles. The molecule has 0 bridgehead atoms. The first-order chi connectivity index (χ1) is 14.7. The van der Waals surface area contributed by atoms with Crippen molar-refractivity contribution in [2.45, 2.75) is 13.0 Å². The number of carbonyl (C=O) groups excluding carboxylic acids is 3. The molecule has 3 rings (SSSR count). The van der Waals surface area contributed by atoms with Gasteiger partial charge in [0.15, 0.2) is 6.10 Å². The third-order valence-electron chi connectivity index (χ3n) is 4.29. The fourth-order valence-electron chi connectivity index (χ4n) is 2.83. The van der Waals surface area contributed by atoms with Crippen molar-refractivity contribution in [2.75, 3.05) is 12.1 Å². The van der Waals surface area contributed by atoms with Gasteiger partial charge in [0.05, 0.1) is 17.7 Å². The molecule has 31 heavy (non-hydrogen) atoms. The van der Waals surface area contributed by atoms with Crippen LogP contribution in [0.3, 0.4) is 0 Å². The normalized spacial score (nSPS) is 15.6. The molecule has 11 heteroatoms. The van der Waals surface area contributed by atoms with E-state index >= 15 is 0 Å². The second-order valence-electron chi connectivity index (χ2n) is 6.36. The number of rotatable bonds is 6. The van der Waals surface area contributed by atoms with Crippen LogP contribution in [0.25, 0.3) is 6.08 Å². The number of nitro benzene ring substituents is 1. The number of benzene rings is 2. The van der Waals surface area contributed by atoms with E-state index in [2.05, 4.69) is 26.1 Å². The fourth-order valence-corrected chi connectivity index (χ4v) is 3.30. The van der Waals surface area contributed by atoms with Crippen LogP contribution in [0, 0.1) is 10.1 Å². The second kappa shape index (κ2) is 8.96. The van der Waals surface area contributed by atoms with E-state index in [9.17, 15) is 24.5 Å². The van der Waals surface area contributed by atoms with Crippen molar-refractivity contribution in [3.63, 3.8) is 0 Å². The molecule has 1 N–H and O–H groups in total. The summed E-state index contributed by atoms with van der Waals surface area (Å²) in [6.45, 7) is 1.36. The molecule has 1 aliphatic heterocycles. The lowest BCUT2D eigenvalue weighted by Crippen LogP contribution is -2.35. The molecule has 2 amide bonds. The fraction of sp³-hybridized carbons (Fsp3) is 0.150. The Hall–Kier alpha value is -3.73. The molecule has 2 aromatic carbocycles. The molecule has 0 saturated carbocycles. The van der Waals surface area contributed by atoms with Gasteiger partial charge in [-0.3, -0.25) is 25.1 Å². The van der Waals surface area contributed by atoms with Crippen molar-refractivity contribution in [3.05, 3.63) is 68.2 Å². The molecule has 1 heterocycles. The summed E-state index contributed by atoms with van der Waals surface area (Å²) in [4.78, 5) is 47.9. The molecule has 0 aliphatic carbocycles. The summed E-state index contributed by atoms with van der Waals surface area (Å²) in [6, 6.07) is 11.1. The average molecular weight is 490 g/mol. The quantitative estimate of drug-likeness (QED) is 0.217. The van der Waals surface area contributed by atoms with Gasteiger partial charge in [0.25, 0.3) is 11.8 Å². The second-order valence-corrected chi connectivity index (χ2v) is 7.27. The van der Waals surface area contributed by atoms with Crippen molar-refractivity contribution in [1.82, 2.24) is 5.43 Å². The molecular weight excluding hydrogens is 474 g/mol. The van der Waals surface area contributed by atoms with E-state index in [-0.39, 0.29) is 16.9 Å². The molecule has 1 aliphatic rings. The zero-order chi connectivity index (χ0) is 22.7. The minimum Gasteiger partial charge on any atom is -0.471 e. The Morgan fingerprint density at radius 2 is 1.94 bits per heavy atom. The number of methoxy groups -OCH3 is 1. The zero-order valence-electron chi connectivity index (χ0n) is 16.3. The van der Waals surface area contributed by atoms with Gasteiger partial charge in [-0.1, -0.05) is 34.1 Å². The Bertz CT molecular complexity index is 1100. The van der Waals surface area contributed by atoms with Gasteiger partial charge in [0, 0.05) is 16.1 Å². The number of para-hydroxylation sites is 1. The number of nitrogens with zero attached hydrogens (tertiary/aromatic N) is 2. The van der Waals surface area contributed by atoms with E-state index < -0.39 is 34.5 Å². The van der Waals surface area contributed by atoms with Crippen LogP contribution in [0.2, 0.25) is 0 Å². The Balaban J connectivity index is 2.08. The summed E-state index contributed by atoms with van der Waals surface area (Å²) in [5.74, 6) is -2.37. The van der Waals surface area contributed by atoms with Crippen molar-refractivity contribution < 1.29 is 28.8 Å². The maximum absolute atomic E-state index is 12.8. The van der Waals surface area contributed by atoms with E-state index in [0.29, 0.717) is 10.2 Å². The first kappa shape index (κ1) is 22.0. The highest BCUT2D eigenvalue weighted by atomic mass is 79.9. The minimum absolute atomic E-state index is 0.0604. The number of carbonyl (C=O) groups is 3. The summed E-state index contributed by atoms with van der Waals surface area (Å²) in [5, 5.41) is 12.6. The molecule has 0 radical (unpaired) electrons. The number of amides is 2. The Morgan fingerprint density at radius 3 is 2.55 bits per heavy atom. The van der Waals surface area contributed by atoms with E-state index in [1.165, 1.54) is 25.1 Å². The van der Waals surface area contributed by atoms with Crippen molar-refractivity contribution in [2.24, 2.45) is 0 Å². The zero-order valence-corrected chi connectivity index (χ0v) is 17.9. The van der Waals surface area contributed by atoms with Crippen LogP contribution in [0.4, 0.5) is 11.4 Å². The van der Waals surface area contributed by atoms with Gasteiger partial charge in [-0.25, -0.2) is 9.80 Å². The topological polar surface area (TPSA) is 128 Å². The van der Waals surface area contributed by atoms with E-state index in [1.54, 1.807) is 30.3 Å². The van der Waals surface area contributed by atoms with Gasteiger partial charge < -0.3 is 9.47 Å². The van der Waals surface area contributed by atoms with Crippen LogP contribution in [0.1, 0.15) is 12.5 Å². The van der Waals surface area contributed by atoms with Gasteiger partial charge in [0.1, 0.15) is 5.57 Å². The van der Waals surface area contributed by atoms with Crippen LogP contribution in [0.5, 0.6) is 5.75 Å². The van der Waals surface area contributed by atoms with Gasteiger partial charge in [-0.15, -0.1) is 0 Å². The maximum atomic E-state index is 12.8. The van der Waals surface area contributed by atoms with Gasteiger partial charge in [0.2, 0.25) is 5.75 Å². The van der Waals surface area contributed by atoms with Crippen LogP contribution < -0.4 is 15.2 Å². The Morgan fingerprint density at radius 1 is 1.26 bits per heavy atom. The third kappa shape index (κ3) is 4.56. The molecule has 2 aromatic rings. The van der Waals surface area contributed by atoms with Gasteiger partial charge in [-0.05, 0) is 31.2 Å². The lowest BCUT2D eigenvalue weighted by molar-refractivity contribution is -0.386. The number of ether oxygens (including phenoxy) is 2. The SMILES string of the molecule is COC(=O)C(C)Oc1c(C=C2C(=O)NN(c3ccccc3)C2=O)cc(Br)cc1[N+](=O)[O-]. The molecule has 0 aromatic heterocycles. The van der Waals surface area contributed by atoms with Crippen molar-refractivity contribution in [3.8, 4) is 5.75 Å². The lowest BCUT2D eigenvalue weighted by Gasteiger charge is -2.15. The van der Waals surface area contributed by atoms with Gasteiger partial charge in [-0.2, -0.15) is 0 Å². The lowest BCUT2D eigenvalue weighted by atomic mass is 10.1. The van der Waals surface area contributed by atoms with E-state index in [4.69, 9.17) is 4.74 Å². The first-order valence-corrected chi connectivity index (χ1v) is 9.66. The number of hydrogen-bond acceptors (Lipinski definition) is 7. The van der Waals surface area contributed by atoms with Crippen LogP contribution in [0.15, 0.2) is 52.5 Å². The largest absolute Gasteiger partial charge is 0.471 e. The predicted octanol–water partition coefficient (Wildman–Crippen LogP) is 2.76. The van der Waals surface area contributed by atoms with Crippen molar-refractivity contribution in [1.29, 1.82) is 0 Å². The predicted molar refractivity (Wildman–Crippen MR) is 113 cm³/mol. The van der Waals surface area contributed by atoms with E-state index in [1.807, 2.05) is 0 Å². The minimum atomic E-state index is -1.17. The van der Waals surface area contributed by atoms with Gasteiger partial charge >= 0.3 is 11.7 Å². The highest BCUT2D eigenvalue weighted by Gasteiger charge is 2.35. The molecule has 1 atom stereocenters. The standard InChI is InChI=1S/C20H16BrN3O7/c1-11(20(27)30-2)31-17-12(8-13(21)10-16(17)24(28)29)9-15-18(25)22-23(19(15)26)14-6-4-3-5-7-14/h3-11H,1-2H3,(H,22,25). The number of nitrogens with one attached hydrogen (secondary N) is 1. The highest BCUT2D eigenvalue weighted by molar-refractivity contribution is 9.10. The molecule has 1 fully saturated rings.